The third-order valence-corrected chi connectivity index (χ3v) is 9.26. The van der Waals surface area contributed by atoms with Crippen LogP contribution in [0.5, 0.6) is 40.2 Å². The molecule has 0 aliphatic carbocycles. The van der Waals surface area contributed by atoms with Crippen molar-refractivity contribution in [2.24, 2.45) is 0 Å². The second-order valence-electron chi connectivity index (χ2n) is 12.1. The van der Waals surface area contributed by atoms with E-state index < -0.39 is 45.5 Å². The Morgan fingerprint density at radius 1 is 0.419 bits per heavy atom. The molecule has 0 unspecified atom stereocenters. The number of phenols is 7. The second kappa shape index (κ2) is 7.49. The highest BCUT2D eigenvalue weighted by Crippen LogP contribution is 2.59. The maximum Gasteiger partial charge on any atom is 0.201 e. The molecule has 43 heavy (non-hydrogen) atoms. The molecule has 9 nitrogen and oxygen atoms in total. The van der Waals surface area contributed by atoms with Crippen LogP contribution in [0.15, 0.2) is 27.8 Å². The molecule has 0 aliphatic rings. The number of hydrogen-bond acceptors (Lipinski definition) is 9. The summed E-state index contributed by atoms with van der Waals surface area (Å²) in [4.78, 5) is 28.6. The minimum Gasteiger partial charge on any atom is -0.507 e. The average Bonchev–Trinajstić information content (AvgIpc) is 2.91. The first-order valence-corrected chi connectivity index (χ1v) is 13.8. The van der Waals surface area contributed by atoms with Gasteiger partial charge in [-0.25, -0.2) is 0 Å². The fourth-order valence-electron chi connectivity index (χ4n) is 7.61. The molecule has 0 radical (unpaired) electrons. The molecule has 0 amide bonds. The standard InChI is InChI=1S/C34H24O9/c1-8(2)10-5-11-17-23-25-19(12(35)6-14(37)21(25)33(42)28(17)30(10)39)20-13(36)7-15(38)22-26(20)27(23)24-18(11)31(40)16(9(3)4)32(41)29(24)34(22)43/h5-9,35-41H,1-4H3. The Hall–Kier alpha value is -5.44. The topological polar surface area (TPSA) is 176 Å². The molecule has 214 valence electrons. The predicted octanol–water partition coefficient (Wildman–Crippen LogP) is 6.42. The van der Waals surface area contributed by atoms with E-state index in [9.17, 15) is 45.3 Å². The van der Waals surface area contributed by atoms with Gasteiger partial charge in [0.2, 0.25) is 10.9 Å². The molecule has 9 heteroatoms. The van der Waals surface area contributed by atoms with Crippen LogP contribution in [0.4, 0.5) is 0 Å². The first-order valence-electron chi connectivity index (χ1n) is 13.8. The van der Waals surface area contributed by atoms with Crippen LogP contribution in [0.25, 0.3) is 75.4 Å². The lowest BCUT2D eigenvalue weighted by Gasteiger charge is -2.26. The molecule has 0 heterocycles. The van der Waals surface area contributed by atoms with Crippen molar-refractivity contribution in [2.75, 3.05) is 0 Å². The third kappa shape index (κ3) is 2.56. The normalized spacial score (nSPS) is 13.0. The predicted molar refractivity (Wildman–Crippen MR) is 166 cm³/mol. The summed E-state index contributed by atoms with van der Waals surface area (Å²) < 4.78 is 0. The highest BCUT2D eigenvalue weighted by molar-refractivity contribution is 6.51. The second-order valence-corrected chi connectivity index (χ2v) is 12.1. The van der Waals surface area contributed by atoms with E-state index in [1.165, 1.54) is 0 Å². The number of phenolic OH excluding ortho intramolecular Hbond substituents is 7. The van der Waals surface area contributed by atoms with Crippen LogP contribution in [0.2, 0.25) is 0 Å². The van der Waals surface area contributed by atoms with Gasteiger partial charge in [0.15, 0.2) is 0 Å². The minimum absolute atomic E-state index is 0.0374. The molecule has 0 aliphatic heterocycles. The largest absolute Gasteiger partial charge is 0.507 e. The van der Waals surface area contributed by atoms with Crippen molar-refractivity contribution < 1.29 is 35.7 Å². The molecule has 8 rings (SSSR count). The number of rotatable bonds is 2. The zero-order valence-electron chi connectivity index (χ0n) is 23.3. The number of hydrogen-bond donors (Lipinski definition) is 7. The maximum absolute atomic E-state index is 14.3. The van der Waals surface area contributed by atoms with Gasteiger partial charge in [-0.2, -0.15) is 0 Å². The van der Waals surface area contributed by atoms with E-state index >= 15 is 0 Å². The first kappa shape index (κ1) is 25.3. The van der Waals surface area contributed by atoms with Crippen LogP contribution in [0, 0.1) is 0 Å². The molecule has 8 aromatic carbocycles. The van der Waals surface area contributed by atoms with E-state index in [0.717, 1.165) is 12.1 Å². The molecule has 0 aromatic heterocycles. The van der Waals surface area contributed by atoms with Crippen molar-refractivity contribution in [3.05, 3.63) is 49.8 Å². The van der Waals surface area contributed by atoms with Gasteiger partial charge in [0.05, 0.1) is 21.5 Å². The maximum atomic E-state index is 14.3. The fraction of sp³-hybridized carbons (Fsp3) is 0.176. The molecule has 0 atom stereocenters. The summed E-state index contributed by atoms with van der Waals surface area (Å²) in [6, 6.07) is 3.57. The lowest BCUT2D eigenvalue weighted by atomic mass is 9.77. The van der Waals surface area contributed by atoms with E-state index in [4.69, 9.17) is 0 Å². The van der Waals surface area contributed by atoms with Crippen LogP contribution in [0.1, 0.15) is 50.7 Å². The molecule has 0 saturated carbocycles. The Balaban J connectivity index is 1.98. The van der Waals surface area contributed by atoms with Crippen LogP contribution in [-0.4, -0.2) is 35.7 Å². The first-order chi connectivity index (χ1) is 20.3. The van der Waals surface area contributed by atoms with Gasteiger partial charge in [-0.3, -0.25) is 9.59 Å². The molecule has 0 saturated heterocycles. The Morgan fingerprint density at radius 3 is 1.30 bits per heavy atom. The van der Waals surface area contributed by atoms with E-state index in [2.05, 4.69) is 0 Å². The highest BCUT2D eigenvalue weighted by Gasteiger charge is 2.35. The van der Waals surface area contributed by atoms with Gasteiger partial charge in [0, 0.05) is 66.2 Å². The molecule has 0 fully saturated rings. The summed E-state index contributed by atoms with van der Waals surface area (Å²) >= 11 is 0. The Labute approximate surface area is 240 Å². The molecule has 0 bridgehead atoms. The Kier molecular flexibility index (Phi) is 4.40. The lowest BCUT2D eigenvalue weighted by molar-refractivity contribution is 0.441. The minimum atomic E-state index is -0.755. The van der Waals surface area contributed by atoms with E-state index in [1.54, 1.807) is 19.9 Å². The molecular formula is C34H24O9. The van der Waals surface area contributed by atoms with Gasteiger partial charge in [0.1, 0.15) is 40.2 Å². The quantitative estimate of drug-likeness (QED) is 0.0904. The fourth-order valence-corrected chi connectivity index (χ4v) is 7.61. The Bertz CT molecular complexity index is 2670. The lowest BCUT2D eigenvalue weighted by Crippen LogP contribution is -2.11. The number of aromatic hydroxyl groups is 7. The van der Waals surface area contributed by atoms with Crippen molar-refractivity contribution in [1.82, 2.24) is 0 Å². The number of fused-ring (bicyclic) bond motifs is 2. The summed E-state index contributed by atoms with van der Waals surface area (Å²) in [6.45, 7) is 7.11. The molecule has 8 aromatic rings. The van der Waals surface area contributed by atoms with Crippen molar-refractivity contribution in [1.29, 1.82) is 0 Å². The third-order valence-electron chi connectivity index (χ3n) is 9.26. The van der Waals surface area contributed by atoms with Gasteiger partial charge in [-0.15, -0.1) is 0 Å². The van der Waals surface area contributed by atoms with Crippen LogP contribution < -0.4 is 10.9 Å². The highest BCUT2D eigenvalue weighted by atomic mass is 16.3. The average molecular weight is 577 g/mol. The van der Waals surface area contributed by atoms with Crippen molar-refractivity contribution in [3.8, 4) is 40.2 Å². The van der Waals surface area contributed by atoms with Gasteiger partial charge in [0.25, 0.3) is 0 Å². The van der Waals surface area contributed by atoms with E-state index in [0.29, 0.717) is 10.9 Å². The summed E-state index contributed by atoms with van der Waals surface area (Å²) in [7, 11) is 0. The van der Waals surface area contributed by atoms with Gasteiger partial charge < -0.3 is 35.7 Å². The summed E-state index contributed by atoms with van der Waals surface area (Å²) in [5.74, 6) is -3.96. The SMILES string of the molecule is CC(C)c1cc2c3c(O)c(C(C)C)c(O)c4c(=O)c5c(O)cc(O)c6c7c(O)cc(O)c8c(=O)c(c1O)c2c(c87)c(c43)c56. The molecular weight excluding hydrogens is 552 g/mol. The van der Waals surface area contributed by atoms with Crippen molar-refractivity contribution in [3.63, 3.8) is 0 Å². The van der Waals surface area contributed by atoms with Gasteiger partial charge >= 0.3 is 0 Å². The van der Waals surface area contributed by atoms with Crippen LogP contribution >= 0.6 is 0 Å². The summed E-state index contributed by atoms with van der Waals surface area (Å²) in [6.07, 6.45) is 0. The monoisotopic (exact) mass is 576 g/mol. The van der Waals surface area contributed by atoms with Crippen molar-refractivity contribution in [2.45, 2.75) is 39.5 Å². The smallest absolute Gasteiger partial charge is 0.201 e. The van der Waals surface area contributed by atoms with E-state index in [-0.39, 0.29) is 93.0 Å². The zero-order chi connectivity index (χ0) is 30.7. The zero-order valence-corrected chi connectivity index (χ0v) is 23.3. The van der Waals surface area contributed by atoms with Crippen LogP contribution in [-0.2, 0) is 0 Å². The van der Waals surface area contributed by atoms with Crippen molar-refractivity contribution >= 4 is 75.4 Å². The summed E-state index contributed by atoms with van der Waals surface area (Å²) in [5, 5.41) is 80.0. The Morgan fingerprint density at radius 2 is 0.814 bits per heavy atom. The molecule has 7 N–H and O–H groups in total. The van der Waals surface area contributed by atoms with Gasteiger partial charge in [-0.1, -0.05) is 27.7 Å². The summed E-state index contributed by atoms with van der Waals surface area (Å²) in [5.41, 5.74) is -1.01. The molecule has 0 spiro atoms. The number of benzene rings is 8. The van der Waals surface area contributed by atoms with Crippen LogP contribution in [0.3, 0.4) is 0 Å². The van der Waals surface area contributed by atoms with E-state index in [1.807, 2.05) is 13.8 Å². The van der Waals surface area contributed by atoms with Gasteiger partial charge in [-0.05, 0) is 28.9 Å².